The Balaban J connectivity index is 0.000000463. The molecule has 0 spiro atoms. The Hall–Kier alpha value is -3.81. The summed E-state index contributed by atoms with van der Waals surface area (Å²) < 4.78 is 19.6. The summed E-state index contributed by atoms with van der Waals surface area (Å²) in [6.45, 7) is 13.0. The van der Waals surface area contributed by atoms with Crippen molar-refractivity contribution >= 4 is 39.1 Å². The van der Waals surface area contributed by atoms with Gasteiger partial charge >= 0.3 is 0 Å². The molecule has 1 atom stereocenters. The van der Waals surface area contributed by atoms with E-state index in [0.29, 0.717) is 47.5 Å². The second-order valence-electron chi connectivity index (χ2n) is 12.1. The lowest BCUT2D eigenvalue weighted by atomic mass is 9.83. The molecule has 2 heterocycles. The number of rotatable bonds is 8. The largest absolute Gasteiger partial charge is 0.491 e. The van der Waals surface area contributed by atoms with Crippen LogP contribution in [0.15, 0.2) is 54.6 Å². The van der Waals surface area contributed by atoms with E-state index in [0.717, 1.165) is 52.3 Å². The third kappa shape index (κ3) is 6.58. The smallest absolute Gasteiger partial charge is 0.193 e. The molecule has 1 unspecified atom stereocenters. The van der Waals surface area contributed by atoms with Crippen molar-refractivity contribution in [1.82, 2.24) is 4.57 Å². The topological polar surface area (TPSA) is 90.6 Å². The number of nitrogens with one attached hydrogen (secondary N) is 1. The number of aromatic nitrogens is 1. The number of nitrogens with zero attached hydrogens (tertiary/aromatic N) is 1. The van der Waals surface area contributed by atoms with Crippen LogP contribution in [0.1, 0.15) is 80.9 Å². The Morgan fingerprint density at radius 2 is 1.63 bits per heavy atom. The molecule has 226 valence electrons. The van der Waals surface area contributed by atoms with Gasteiger partial charge in [0.2, 0.25) is 0 Å². The molecule has 3 aromatic carbocycles. The molecule has 1 aliphatic carbocycles. The Morgan fingerprint density at radius 3 is 2.12 bits per heavy atom. The predicted octanol–water partition coefficient (Wildman–Crippen LogP) is 7.65. The van der Waals surface area contributed by atoms with E-state index in [2.05, 4.69) is 23.6 Å². The molecule has 43 heavy (non-hydrogen) atoms. The number of ketones is 2. The van der Waals surface area contributed by atoms with Crippen molar-refractivity contribution < 1.29 is 23.8 Å². The summed E-state index contributed by atoms with van der Waals surface area (Å²) in [5.41, 5.74) is 5.77. The fraction of sp³-hybridized carbons (Fsp3) is 0.417. The number of Topliss-reactive ketones (excluding diaryl/α,β-unsaturated/α-hetero) is 1. The van der Waals surface area contributed by atoms with E-state index in [1.54, 1.807) is 13.8 Å². The number of carbonyl (C=O) groups is 2. The van der Waals surface area contributed by atoms with Crippen LogP contribution in [0.3, 0.4) is 0 Å². The molecule has 2 fully saturated rings. The monoisotopic (exact) mass is 582 g/mol. The Labute approximate surface area is 253 Å². The summed E-state index contributed by atoms with van der Waals surface area (Å²) in [5.74, 6) is 0.927. The fourth-order valence-corrected chi connectivity index (χ4v) is 5.80. The van der Waals surface area contributed by atoms with Crippen molar-refractivity contribution in [3.63, 3.8) is 0 Å². The van der Waals surface area contributed by atoms with Gasteiger partial charge in [0, 0.05) is 51.1 Å². The van der Waals surface area contributed by atoms with Crippen LogP contribution >= 0.6 is 0 Å². The first kappa shape index (κ1) is 30.6. The van der Waals surface area contributed by atoms with Crippen LogP contribution in [0.5, 0.6) is 5.75 Å². The fourth-order valence-electron chi connectivity index (χ4n) is 5.80. The summed E-state index contributed by atoms with van der Waals surface area (Å²) in [5, 5.41) is 10.1. The molecule has 0 radical (unpaired) electrons. The molecule has 2 aliphatic rings. The van der Waals surface area contributed by atoms with Crippen LogP contribution < -0.4 is 4.74 Å². The Morgan fingerprint density at radius 1 is 0.977 bits per heavy atom. The molecule has 1 saturated heterocycles. The summed E-state index contributed by atoms with van der Waals surface area (Å²) in [6.07, 6.45) is 3.45. The third-order valence-electron chi connectivity index (χ3n) is 8.50. The number of carbonyl (C=O) groups excluding carboxylic acids is 2. The minimum atomic E-state index is -0.579. The molecule has 0 amide bonds. The van der Waals surface area contributed by atoms with E-state index in [1.165, 1.54) is 6.42 Å². The minimum Gasteiger partial charge on any atom is -0.491 e. The molecule has 6 rings (SSSR count). The Kier molecular flexibility index (Phi) is 8.86. The van der Waals surface area contributed by atoms with E-state index in [4.69, 9.17) is 19.6 Å². The van der Waals surface area contributed by atoms with Gasteiger partial charge in [-0.2, -0.15) is 0 Å². The standard InChI is InChI=1S/C30H32N2O4.C6H10O/c1-6-32-27-11-7-20(19(3)31)14-25(27)26-15-21(8-12-28(26)32)29(33)24-10-9-22(13-18(24)2)34-16-23-17-35-30(4,5)36-23;1-5(7)6-3-2-4-6/h7-15,23,31H,6,16-17H2,1-5H3;6H,2-4H2,1H3. The maximum Gasteiger partial charge on any atom is 0.193 e. The van der Waals surface area contributed by atoms with Gasteiger partial charge < -0.3 is 24.2 Å². The molecule has 1 saturated carbocycles. The van der Waals surface area contributed by atoms with Crippen molar-refractivity contribution in [2.45, 2.75) is 79.2 Å². The van der Waals surface area contributed by atoms with Crippen molar-refractivity contribution in [3.05, 3.63) is 76.9 Å². The molecule has 0 bridgehead atoms. The van der Waals surface area contributed by atoms with E-state index in [9.17, 15) is 9.59 Å². The quantitative estimate of drug-likeness (QED) is 0.170. The normalized spacial score (nSPS) is 17.8. The molecular weight excluding hydrogens is 540 g/mol. The van der Waals surface area contributed by atoms with Crippen molar-refractivity contribution in [2.75, 3.05) is 13.2 Å². The summed E-state index contributed by atoms with van der Waals surface area (Å²) in [6, 6.07) is 17.6. The summed E-state index contributed by atoms with van der Waals surface area (Å²) in [4.78, 5) is 24.0. The van der Waals surface area contributed by atoms with Crippen molar-refractivity contribution in [1.29, 1.82) is 5.41 Å². The highest BCUT2D eigenvalue weighted by Crippen LogP contribution is 2.32. The predicted molar refractivity (Wildman–Crippen MR) is 171 cm³/mol. The van der Waals surface area contributed by atoms with Gasteiger partial charge in [0.25, 0.3) is 0 Å². The average molecular weight is 583 g/mol. The number of ether oxygens (including phenoxy) is 3. The van der Waals surface area contributed by atoms with E-state index in [1.807, 2.05) is 63.2 Å². The SMILES string of the molecule is CC(=O)C1CCC1.CCn1c2ccc(C(C)=N)cc2c2cc(C(=O)c3ccc(OCC4COC(C)(C)O4)cc3C)ccc21. The summed E-state index contributed by atoms with van der Waals surface area (Å²) in [7, 11) is 0. The lowest BCUT2D eigenvalue weighted by Crippen LogP contribution is -2.25. The number of hydrogen-bond acceptors (Lipinski definition) is 6. The van der Waals surface area contributed by atoms with Gasteiger partial charge in [-0.15, -0.1) is 0 Å². The zero-order valence-corrected chi connectivity index (χ0v) is 26.1. The van der Waals surface area contributed by atoms with Gasteiger partial charge in [-0.05, 0) is 114 Å². The molecule has 4 aromatic rings. The lowest BCUT2D eigenvalue weighted by molar-refractivity contribution is -0.141. The molecule has 1 aliphatic heterocycles. The van der Waals surface area contributed by atoms with E-state index in [-0.39, 0.29) is 11.9 Å². The molecule has 1 aromatic heterocycles. The molecule has 7 heteroatoms. The zero-order valence-electron chi connectivity index (χ0n) is 26.1. The van der Waals surface area contributed by atoms with Gasteiger partial charge in [-0.3, -0.25) is 9.59 Å². The number of aryl methyl sites for hydroxylation is 2. The van der Waals surface area contributed by atoms with E-state index >= 15 is 0 Å². The van der Waals surface area contributed by atoms with Gasteiger partial charge in [0.15, 0.2) is 11.6 Å². The molecule has 7 nitrogen and oxygen atoms in total. The maximum absolute atomic E-state index is 13.5. The second kappa shape index (κ2) is 12.4. The van der Waals surface area contributed by atoms with Crippen molar-refractivity contribution in [2.24, 2.45) is 5.92 Å². The first-order valence-corrected chi connectivity index (χ1v) is 15.2. The average Bonchev–Trinajstić information content (AvgIpc) is 3.45. The zero-order chi connectivity index (χ0) is 30.9. The van der Waals surface area contributed by atoms with Crippen LogP contribution in [0.25, 0.3) is 21.8 Å². The highest BCUT2D eigenvalue weighted by molar-refractivity contribution is 6.16. The van der Waals surface area contributed by atoms with Gasteiger partial charge in [-0.1, -0.05) is 12.5 Å². The molecular formula is C36H42N2O5. The third-order valence-corrected chi connectivity index (χ3v) is 8.50. The van der Waals surface area contributed by atoms with E-state index < -0.39 is 5.79 Å². The van der Waals surface area contributed by atoms with Crippen LogP contribution in [0.2, 0.25) is 0 Å². The van der Waals surface area contributed by atoms with Gasteiger partial charge in [-0.25, -0.2) is 0 Å². The second-order valence-corrected chi connectivity index (χ2v) is 12.1. The minimum absolute atomic E-state index is 0.0213. The van der Waals surface area contributed by atoms with Crippen molar-refractivity contribution in [3.8, 4) is 5.75 Å². The summed E-state index contributed by atoms with van der Waals surface area (Å²) >= 11 is 0. The maximum atomic E-state index is 13.5. The van der Waals surface area contributed by atoms with Gasteiger partial charge in [0.1, 0.15) is 24.2 Å². The molecule has 1 N–H and O–H groups in total. The Bertz CT molecular complexity index is 1700. The first-order valence-electron chi connectivity index (χ1n) is 15.2. The lowest BCUT2D eigenvalue weighted by Gasteiger charge is -2.21. The highest BCUT2D eigenvalue weighted by atomic mass is 16.7. The van der Waals surface area contributed by atoms with Crippen LogP contribution in [-0.2, 0) is 20.8 Å². The van der Waals surface area contributed by atoms with Crippen LogP contribution in [0.4, 0.5) is 0 Å². The highest BCUT2D eigenvalue weighted by Gasteiger charge is 2.33. The number of fused-ring (bicyclic) bond motifs is 3. The number of benzene rings is 3. The van der Waals surface area contributed by atoms with Crippen LogP contribution in [-0.4, -0.2) is 47.0 Å². The van der Waals surface area contributed by atoms with Gasteiger partial charge in [0.05, 0.1) is 6.61 Å². The number of hydrogen-bond donors (Lipinski definition) is 1. The first-order chi connectivity index (χ1) is 20.5. The van der Waals surface area contributed by atoms with Crippen LogP contribution in [0, 0.1) is 18.3 Å².